The third kappa shape index (κ3) is 3.24. The van der Waals surface area contributed by atoms with Crippen LogP contribution in [0.3, 0.4) is 0 Å². The Morgan fingerprint density at radius 3 is 2.69 bits per heavy atom. The number of aromatic amines is 2. The van der Waals surface area contributed by atoms with E-state index in [1.165, 1.54) is 0 Å². The fourth-order valence-electron chi connectivity index (χ4n) is 3.38. The molecule has 4 rings (SSSR count). The van der Waals surface area contributed by atoms with Gasteiger partial charge >= 0.3 is 0 Å². The number of carbonyl (C=O) groups is 1. The zero-order chi connectivity index (χ0) is 17.9. The highest BCUT2D eigenvalue weighted by Crippen LogP contribution is 2.20. The number of hydrogen-bond acceptors (Lipinski definition) is 4. The lowest BCUT2D eigenvalue weighted by molar-refractivity contribution is -0.367. The van der Waals surface area contributed by atoms with Crippen LogP contribution >= 0.6 is 0 Å². The van der Waals surface area contributed by atoms with E-state index in [1.807, 2.05) is 35.2 Å². The molecule has 0 bridgehead atoms. The van der Waals surface area contributed by atoms with Crippen LogP contribution < -0.4 is 9.88 Å². The summed E-state index contributed by atoms with van der Waals surface area (Å²) in [6.45, 7) is 5.08. The molecule has 0 unspecified atom stereocenters. The summed E-state index contributed by atoms with van der Waals surface area (Å²) in [6.07, 6.45) is 3.00. The molecule has 0 aliphatic carbocycles. The standard InChI is InChI=1S/C19H22N6O/c1-2-15-22-17-18(23-15)20-13-21-19(17)25-10-8-24(9-11-25)16(26)12-14-6-4-3-5-7-14/h3-7,13H,2,8-12H2,1H3,(H,20,21,22,23)/p+1. The van der Waals surface area contributed by atoms with Crippen molar-refractivity contribution in [3.05, 3.63) is 48.0 Å². The molecule has 1 fully saturated rings. The van der Waals surface area contributed by atoms with Crippen LogP contribution in [0.4, 0.5) is 5.82 Å². The van der Waals surface area contributed by atoms with E-state index in [2.05, 4.69) is 31.8 Å². The Hall–Kier alpha value is -2.96. The molecule has 1 saturated heterocycles. The first-order chi connectivity index (χ1) is 12.7. The van der Waals surface area contributed by atoms with Gasteiger partial charge in [0.1, 0.15) is 5.82 Å². The number of piperazine rings is 1. The fraction of sp³-hybridized carbons (Fsp3) is 0.368. The average Bonchev–Trinajstić information content (AvgIpc) is 3.12. The summed E-state index contributed by atoms with van der Waals surface area (Å²) in [4.78, 5) is 32.1. The summed E-state index contributed by atoms with van der Waals surface area (Å²) in [7, 11) is 0. The monoisotopic (exact) mass is 351 g/mol. The highest BCUT2D eigenvalue weighted by atomic mass is 16.2. The van der Waals surface area contributed by atoms with Crippen molar-refractivity contribution in [2.75, 3.05) is 31.1 Å². The first-order valence-electron chi connectivity index (χ1n) is 9.06. The van der Waals surface area contributed by atoms with Gasteiger partial charge in [-0.1, -0.05) is 42.2 Å². The number of carbonyl (C=O) groups excluding carboxylic acids is 1. The van der Waals surface area contributed by atoms with Gasteiger partial charge < -0.3 is 9.88 Å². The molecule has 3 aromatic rings. The second-order valence-corrected chi connectivity index (χ2v) is 6.52. The van der Waals surface area contributed by atoms with E-state index < -0.39 is 0 Å². The van der Waals surface area contributed by atoms with Crippen LogP contribution in [0, 0.1) is 0 Å². The first kappa shape index (κ1) is 16.5. The summed E-state index contributed by atoms with van der Waals surface area (Å²) in [6, 6.07) is 9.92. The number of H-pyrrole nitrogens is 2. The van der Waals surface area contributed by atoms with Gasteiger partial charge in [-0.2, -0.15) is 4.98 Å². The zero-order valence-corrected chi connectivity index (χ0v) is 14.9. The molecular weight excluding hydrogens is 328 g/mol. The molecule has 1 aliphatic heterocycles. The molecule has 7 heteroatoms. The van der Waals surface area contributed by atoms with Crippen LogP contribution in [-0.2, 0) is 17.6 Å². The molecule has 1 aromatic carbocycles. The fourth-order valence-corrected chi connectivity index (χ4v) is 3.38. The number of nitrogens with zero attached hydrogens (tertiary/aromatic N) is 4. The summed E-state index contributed by atoms with van der Waals surface area (Å²) >= 11 is 0. The van der Waals surface area contributed by atoms with Crippen molar-refractivity contribution in [3.8, 4) is 0 Å². The minimum atomic E-state index is 0.189. The van der Waals surface area contributed by atoms with E-state index >= 15 is 0 Å². The van der Waals surface area contributed by atoms with E-state index in [-0.39, 0.29) is 5.91 Å². The zero-order valence-electron chi connectivity index (χ0n) is 14.9. The summed E-state index contributed by atoms with van der Waals surface area (Å²) in [5.41, 5.74) is 2.74. The lowest BCUT2D eigenvalue weighted by atomic mass is 10.1. The van der Waals surface area contributed by atoms with Crippen LogP contribution in [0.2, 0.25) is 0 Å². The van der Waals surface area contributed by atoms with Gasteiger partial charge in [-0.15, -0.1) is 0 Å². The lowest BCUT2D eigenvalue weighted by Gasteiger charge is -2.32. The van der Waals surface area contributed by atoms with E-state index in [0.29, 0.717) is 6.42 Å². The second kappa shape index (κ2) is 7.11. The topological polar surface area (TPSA) is 79.3 Å². The molecular formula is C19H23N6O+. The summed E-state index contributed by atoms with van der Waals surface area (Å²) in [5, 5.41) is 0. The molecule has 26 heavy (non-hydrogen) atoms. The van der Waals surface area contributed by atoms with E-state index in [0.717, 1.165) is 61.0 Å². The van der Waals surface area contributed by atoms with Crippen molar-refractivity contribution < 1.29 is 9.78 Å². The van der Waals surface area contributed by atoms with Gasteiger partial charge in [0.25, 0.3) is 11.5 Å². The Balaban J connectivity index is 1.44. The van der Waals surface area contributed by atoms with Crippen LogP contribution in [0.15, 0.2) is 36.7 Å². The van der Waals surface area contributed by atoms with Crippen molar-refractivity contribution in [1.29, 1.82) is 0 Å². The quantitative estimate of drug-likeness (QED) is 0.767. The maximum atomic E-state index is 12.5. The highest BCUT2D eigenvalue weighted by Gasteiger charge is 2.27. The molecule has 7 nitrogen and oxygen atoms in total. The third-order valence-electron chi connectivity index (χ3n) is 4.84. The van der Waals surface area contributed by atoms with Crippen LogP contribution in [0.1, 0.15) is 18.3 Å². The minimum absolute atomic E-state index is 0.189. The maximum Gasteiger partial charge on any atom is 0.260 e. The number of amides is 1. The summed E-state index contributed by atoms with van der Waals surface area (Å²) < 4.78 is 0. The predicted molar refractivity (Wildman–Crippen MR) is 98.8 cm³/mol. The molecule has 2 N–H and O–H groups in total. The van der Waals surface area contributed by atoms with E-state index in [1.54, 1.807) is 6.33 Å². The largest absolute Gasteiger partial charge is 0.336 e. The number of benzene rings is 1. The molecule has 0 atom stereocenters. The number of rotatable bonds is 4. The van der Waals surface area contributed by atoms with Crippen molar-refractivity contribution in [2.24, 2.45) is 0 Å². The van der Waals surface area contributed by atoms with Gasteiger partial charge in [0.15, 0.2) is 5.52 Å². The Bertz CT molecular complexity index is 899. The maximum absolute atomic E-state index is 12.5. The SMILES string of the molecule is CCc1nc2nc[nH+]c(N3CCN(C(=O)Cc4ccccc4)CC3)c2[nH]1. The van der Waals surface area contributed by atoms with Crippen LogP contribution in [-0.4, -0.2) is 51.9 Å². The van der Waals surface area contributed by atoms with Gasteiger partial charge in [-0.3, -0.25) is 9.69 Å². The second-order valence-electron chi connectivity index (χ2n) is 6.52. The van der Waals surface area contributed by atoms with Crippen molar-refractivity contribution in [1.82, 2.24) is 19.9 Å². The van der Waals surface area contributed by atoms with Crippen LogP contribution in [0.25, 0.3) is 11.2 Å². The highest BCUT2D eigenvalue weighted by molar-refractivity contribution is 5.82. The number of aryl methyl sites for hydroxylation is 1. The van der Waals surface area contributed by atoms with Gasteiger partial charge in [0.05, 0.1) is 32.6 Å². The van der Waals surface area contributed by atoms with Crippen molar-refractivity contribution >= 4 is 22.9 Å². The molecule has 0 spiro atoms. The van der Waals surface area contributed by atoms with Gasteiger partial charge in [0, 0.05) is 6.42 Å². The van der Waals surface area contributed by atoms with Gasteiger partial charge in [0.2, 0.25) is 12.2 Å². The molecule has 3 heterocycles. The Kier molecular flexibility index (Phi) is 4.51. The normalized spacial score (nSPS) is 14.8. The number of hydrogen-bond donors (Lipinski definition) is 1. The van der Waals surface area contributed by atoms with Gasteiger partial charge in [-0.25, -0.2) is 4.98 Å². The summed E-state index contributed by atoms with van der Waals surface area (Å²) in [5.74, 6) is 2.12. The van der Waals surface area contributed by atoms with Gasteiger partial charge in [-0.05, 0) is 5.56 Å². The molecule has 1 aliphatic rings. The average molecular weight is 351 g/mol. The molecule has 2 aromatic heterocycles. The number of anilines is 1. The Morgan fingerprint density at radius 2 is 1.96 bits per heavy atom. The van der Waals surface area contributed by atoms with E-state index in [9.17, 15) is 4.79 Å². The predicted octanol–water partition coefficient (Wildman–Crippen LogP) is 1.23. The number of fused-ring (bicyclic) bond motifs is 1. The third-order valence-corrected chi connectivity index (χ3v) is 4.84. The Morgan fingerprint density at radius 1 is 1.19 bits per heavy atom. The number of imidazole rings is 1. The molecule has 0 saturated carbocycles. The van der Waals surface area contributed by atoms with Crippen molar-refractivity contribution in [3.63, 3.8) is 0 Å². The smallest absolute Gasteiger partial charge is 0.260 e. The van der Waals surface area contributed by atoms with E-state index in [4.69, 9.17) is 0 Å². The Labute approximate surface area is 152 Å². The molecule has 1 amide bonds. The number of nitrogens with one attached hydrogen (secondary N) is 2. The lowest BCUT2D eigenvalue weighted by Crippen LogP contribution is -2.50. The molecule has 0 radical (unpaired) electrons. The van der Waals surface area contributed by atoms with Crippen molar-refractivity contribution in [2.45, 2.75) is 19.8 Å². The molecule has 134 valence electrons. The van der Waals surface area contributed by atoms with Crippen LogP contribution in [0.5, 0.6) is 0 Å². The number of aromatic nitrogens is 4. The first-order valence-corrected chi connectivity index (χ1v) is 9.06. The minimum Gasteiger partial charge on any atom is -0.336 e.